The number of hydrogen-bond donors (Lipinski definition) is 2. The van der Waals surface area contributed by atoms with Gasteiger partial charge in [-0.2, -0.15) is 0 Å². The Kier molecular flexibility index (Phi) is 6.45. The van der Waals surface area contributed by atoms with Crippen LogP contribution in [-0.2, 0) is 22.7 Å². The molecular formula is C19H20Cl2N2O2. The normalized spacial score (nSPS) is 11.0. The first-order valence-electron chi connectivity index (χ1n) is 7.86. The molecule has 2 aromatic carbocycles. The van der Waals surface area contributed by atoms with Gasteiger partial charge in [0.2, 0.25) is 11.8 Å². The minimum absolute atomic E-state index is 0.264. The highest BCUT2D eigenvalue weighted by Gasteiger charge is 2.35. The number of nitrogens with one attached hydrogen (secondary N) is 2. The lowest BCUT2D eigenvalue weighted by Gasteiger charge is -2.23. The van der Waals surface area contributed by atoms with Crippen molar-refractivity contribution in [2.45, 2.75) is 26.9 Å². The Morgan fingerprint density at radius 1 is 0.800 bits per heavy atom. The maximum atomic E-state index is 12.4. The molecule has 0 bridgehead atoms. The van der Waals surface area contributed by atoms with Gasteiger partial charge in [0.15, 0.2) is 0 Å². The highest BCUT2D eigenvalue weighted by Crippen LogP contribution is 2.19. The van der Waals surface area contributed by atoms with E-state index in [0.717, 1.165) is 11.1 Å². The monoisotopic (exact) mass is 378 g/mol. The number of carbonyl (C=O) groups excluding carboxylic acids is 2. The summed E-state index contributed by atoms with van der Waals surface area (Å²) in [5.41, 5.74) is 0.372. The maximum absolute atomic E-state index is 12.4. The molecule has 0 heterocycles. The van der Waals surface area contributed by atoms with Crippen LogP contribution < -0.4 is 10.6 Å². The second kappa shape index (κ2) is 8.37. The summed E-state index contributed by atoms with van der Waals surface area (Å²) in [6.07, 6.45) is 0. The molecule has 0 saturated carbocycles. The van der Waals surface area contributed by atoms with Gasteiger partial charge in [-0.3, -0.25) is 9.59 Å². The average molecular weight is 379 g/mol. The number of amides is 2. The predicted octanol–water partition coefficient (Wildman–Crippen LogP) is 3.95. The van der Waals surface area contributed by atoms with Crippen LogP contribution in [0.15, 0.2) is 48.5 Å². The quantitative estimate of drug-likeness (QED) is 0.747. The van der Waals surface area contributed by atoms with Gasteiger partial charge in [-0.05, 0) is 37.1 Å². The summed E-state index contributed by atoms with van der Waals surface area (Å²) in [5.74, 6) is -0.742. The van der Waals surface area contributed by atoms with E-state index in [1.807, 2.05) is 36.4 Å². The van der Waals surface area contributed by atoms with Gasteiger partial charge in [0.25, 0.3) is 0 Å². The van der Waals surface area contributed by atoms with E-state index in [4.69, 9.17) is 23.2 Å². The number of hydrogen-bond acceptors (Lipinski definition) is 2. The summed E-state index contributed by atoms with van der Waals surface area (Å²) in [4.78, 5) is 24.9. The summed E-state index contributed by atoms with van der Waals surface area (Å²) in [6.45, 7) is 3.69. The Hall–Kier alpha value is -2.04. The van der Waals surface area contributed by atoms with Gasteiger partial charge in [-0.25, -0.2) is 0 Å². The van der Waals surface area contributed by atoms with Crippen molar-refractivity contribution in [1.29, 1.82) is 0 Å². The van der Waals surface area contributed by atoms with Crippen molar-refractivity contribution >= 4 is 35.0 Å². The number of rotatable bonds is 6. The van der Waals surface area contributed by atoms with Crippen LogP contribution >= 0.6 is 23.2 Å². The number of carbonyl (C=O) groups is 2. The van der Waals surface area contributed by atoms with Gasteiger partial charge in [-0.15, -0.1) is 0 Å². The van der Waals surface area contributed by atoms with Crippen LogP contribution in [0.2, 0.25) is 10.0 Å². The van der Waals surface area contributed by atoms with Crippen molar-refractivity contribution in [2.75, 3.05) is 0 Å². The van der Waals surface area contributed by atoms with Crippen molar-refractivity contribution in [3.05, 3.63) is 69.7 Å². The molecule has 6 heteroatoms. The second-order valence-electron chi connectivity index (χ2n) is 6.17. The smallest absolute Gasteiger partial charge is 0.235 e. The Bertz CT molecular complexity index is 712. The molecule has 0 aliphatic heterocycles. The van der Waals surface area contributed by atoms with Crippen molar-refractivity contribution in [1.82, 2.24) is 10.6 Å². The van der Waals surface area contributed by atoms with Crippen LogP contribution in [0.1, 0.15) is 25.0 Å². The van der Waals surface area contributed by atoms with E-state index in [9.17, 15) is 9.59 Å². The largest absolute Gasteiger partial charge is 0.351 e. The molecule has 25 heavy (non-hydrogen) atoms. The third-order valence-corrected chi connectivity index (χ3v) is 4.67. The van der Waals surface area contributed by atoms with Crippen LogP contribution in [0.4, 0.5) is 0 Å². The van der Waals surface area contributed by atoms with Crippen LogP contribution in [0, 0.1) is 5.41 Å². The highest BCUT2D eigenvalue weighted by molar-refractivity contribution is 6.31. The Labute approximate surface area is 157 Å². The fraction of sp³-hybridized carbons (Fsp3) is 0.263. The van der Waals surface area contributed by atoms with E-state index < -0.39 is 5.41 Å². The fourth-order valence-corrected chi connectivity index (χ4v) is 2.58. The summed E-state index contributed by atoms with van der Waals surface area (Å²) in [6, 6.07) is 14.5. The van der Waals surface area contributed by atoms with Crippen molar-refractivity contribution < 1.29 is 9.59 Å². The topological polar surface area (TPSA) is 58.2 Å². The SMILES string of the molecule is CC(C)(C(=O)NCc1ccccc1Cl)C(=O)NCc1ccccc1Cl. The van der Waals surface area contributed by atoms with Gasteiger partial charge in [0.05, 0.1) is 0 Å². The molecule has 2 N–H and O–H groups in total. The molecule has 2 rings (SSSR count). The zero-order valence-electron chi connectivity index (χ0n) is 14.1. The molecule has 0 aromatic heterocycles. The molecule has 0 aliphatic carbocycles. The van der Waals surface area contributed by atoms with Crippen molar-refractivity contribution in [3.8, 4) is 0 Å². The van der Waals surface area contributed by atoms with E-state index >= 15 is 0 Å². The fourth-order valence-electron chi connectivity index (χ4n) is 2.18. The average Bonchev–Trinajstić information content (AvgIpc) is 2.59. The molecule has 2 amide bonds. The lowest BCUT2D eigenvalue weighted by atomic mass is 9.91. The third-order valence-electron chi connectivity index (χ3n) is 3.93. The van der Waals surface area contributed by atoms with E-state index in [2.05, 4.69) is 10.6 Å². The van der Waals surface area contributed by atoms with E-state index in [0.29, 0.717) is 10.0 Å². The minimum Gasteiger partial charge on any atom is -0.351 e. The molecule has 2 aromatic rings. The van der Waals surface area contributed by atoms with Crippen molar-refractivity contribution in [2.24, 2.45) is 5.41 Å². The first-order chi connectivity index (χ1) is 11.8. The Morgan fingerprint density at radius 2 is 1.16 bits per heavy atom. The van der Waals surface area contributed by atoms with Gasteiger partial charge in [0.1, 0.15) is 5.41 Å². The minimum atomic E-state index is -1.22. The molecule has 132 valence electrons. The molecule has 0 saturated heterocycles. The standard InChI is InChI=1S/C19H20Cl2N2O2/c1-19(2,17(24)22-11-13-7-3-5-9-15(13)20)18(25)23-12-14-8-4-6-10-16(14)21/h3-10H,11-12H2,1-2H3,(H,22,24)(H,23,25). The molecule has 4 nitrogen and oxygen atoms in total. The van der Waals surface area contributed by atoms with E-state index in [1.54, 1.807) is 26.0 Å². The van der Waals surface area contributed by atoms with E-state index in [1.165, 1.54) is 0 Å². The third kappa shape index (κ3) is 4.97. The maximum Gasteiger partial charge on any atom is 0.235 e. The van der Waals surface area contributed by atoms with E-state index in [-0.39, 0.29) is 24.9 Å². The van der Waals surface area contributed by atoms with Gasteiger partial charge < -0.3 is 10.6 Å². The lowest BCUT2D eigenvalue weighted by Crippen LogP contribution is -2.47. The first kappa shape index (κ1) is 19.3. The van der Waals surface area contributed by atoms with Crippen molar-refractivity contribution in [3.63, 3.8) is 0 Å². The van der Waals surface area contributed by atoms with Gasteiger partial charge in [0, 0.05) is 23.1 Å². The van der Waals surface area contributed by atoms with Crippen LogP contribution in [-0.4, -0.2) is 11.8 Å². The number of benzene rings is 2. The summed E-state index contributed by atoms with van der Waals surface area (Å²) >= 11 is 12.1. The molecule has 0 spiro atoms. The first-order valence-corrected chi connectivity index (χ1v) is 8.61. The molecule has 0 radical (unpaired) electrons. The zero-order valence-corrected chi connectivity index (χ0v) is 15.6. The zero-order chi connectivity index (χ0) is 18.4. The molecule has 0 unspecified atom stereocenters. The molecule has 0 atom stereocenters. The second-order valence-corrected chi connectivity index (χ2v) is 6.99. The Morgan fingerprint density at radius 3 is 1.52 bits per heavy atom. The molecular weight excluding hydrogens is 359 g/mol. The lowest BCUT2D eigenvalue weighted by molar-refractivity contribution is -0.141. The van der Waals surface area contributed by atoms with Gasteiger partial charge >= 0.3 is 0 Å². The highest BCUT2D eigenvalue weighted by atomic mass is 35.5. The molecule has 0 fully saturated rings. The van der Waals surface area contributed by atoms with Crippen LogP contribution in [0.3, 0.4) is 0 Å². The number of halogens is 2. The van der Waals surface area contributed by atoms with Crippen LogP contribution in [0.25, 0.3) is 0 Å². The summed E-state index contributed by atoms with van der Waals surface area (Å²) < 4.78 is 0. The Balaban J connectivity index is 1.94. The van der Waals surface area contributed by atoms with Gasteiger partial charge in [-0.1, -0.05) is 59.6 Å². The summed E-state index contributed by atoms with van der Waals surface area (Å²) in [5, 5.41) is 6.67. The van der Waals surface area contributed by atoms with Crippen LogP contribution in [0.5, 0.6) is 0 Å². The predicted molar refractivity (Wildman–Crippen MR) is 100 cm³/mol. The molecule has 0 aliphatic rings. The summed E-state index contributed by atoms with van der Waals surface area (Å²) in [7, 11) is 0.